The number of hydrogen-bond acceptors (Lipinski definition) is 2. The summed E-state index contributed by atoms with van der Waals surface area (Å²) in [5.41, 5.74) is -0.262. The summed E-state index contributed by atoms with van der Waals surface area (Å²) in [6.45, 7) is 10.1. The summed E-state index contributed by atoms with van der Waals surface area (Å²) in [6, 6.07) is -0.491. The zero-order chi connectivity index (χ0) is 14.3. The second-order valence-corrected chi connectivity index (χ2v) is 5.30. The van der Waals surface area contributed by atoms with Gasteiger partial charge in [0.05, 0.1) is 6.42 Å². The highest BCUT2D eigenvalue weighted by molar-refractivity contribution is 5.76. The number of amides is 2. The normalized spacial score (nSPS) is 12.9. The molecule has 106 valence electrons. The predicted molar refractivity (Wildman–Crippen MR) is 71.6 cm³/mol. The van der Waals surface area contributed by atoms with E-state index in [1.807, 2.05) is 20.8 Å². The minimum Gasteiger partial charge on any atom is -0.481 e. The van der Waals surface area contributed by atoms with Crippen molar-refractivity contribution >= 4 is 12.0 Å². The van der Waals surface area contributed by atoms with Gasteiger partial charge < -0.3 is 15.3 Å². The fourth-order valence-corrected chi connectivity index (χ4v) is 2.07. The van der Waals surface area contributed by atoms with E-state index in [4.69, 9.17) is 5.11 Å². The van der Waals surface area contributed by atoms with Crippen LogP contribution in [0.5, 0.6) is 0 Å². The molecule has 5 nitrogen and oxygen atoms in total. The van der Waals surface area contributed by atoms with Gasteiger partial charge in [-0.3, -0.25) is 4.79 Å². The van der Waals surface area contributed by atoms with Crippen LogP contribution >= 0.6 is 0 Å². The molecule has 1 atom stereocenters. The topological polar surface area (TPSA) is 69.6 Å². The first-order valence-corrected chi connectivity index (χ1v) is 6.54. The van der Waals surface area contributed by atoms with Gasteiger partial charge >= 0.3 is 12.0 Å². The highest BCUT2D eigenvalue weighted by atomic mass is 16.4. The minimum atomic E-state index is -0.887. The molecule has 0 spiro atoms. The zero-order valence-corrected chi connectivity index (χ0v) is 12.1. The molecule has 0 aromatic heterocycles. The maximum Gasteiger partial charge on any atom is 0.318 e. The summed E-state index contributed by atoms with van der Waals surface area (Å²) in [4.78, 5) is 24.4. The number of carboxylic acids is 1. The standard InChI is InChI=1S/C13H26N2O3/c1-6-8-13(4,5)14-12(18)15(7-2)10(3)9-11(16)17/h10H,6-9H2,1-5H3,(H,14,18)(H,16,17). The molecule has 0 aromatic rings. The summed E-state index contributed by atoms with van der Waals surface area (Å²) in [6.07, 6.45) is 1.85. The van der Waals surface area contributed by atoms with Gasteiger partial charge in [-0.05, 0) is 34.1 Å². The molecular weight excluding hydrogens is 232 g/mol. The maximum absolute atomic E-state index is 12.1. The molecule has 0 saturated heterocycles. The van der Waals surface area contributed by atoms with Gasteiger partial charge in [0.2, 0.25) is 0 Å². The van der Waals surface area contributed by atoms with Gasteiger partial charge in [-0.25, -0.2) is 4.79 Å². The summed E-state index contributed by atoms with van der Waals surface area (Å²) in [5.74, 6) is -0.887. The molecule has 0 aliphatic carbocycles. The molecular formula is C13H26N2O3. The predicted octanol–water partition coefficient (Wildman–Crippen LogP) is 2.46. The molecule has 18 heavy (non-hydrogen) atoms. The SMILES string of the molecule is CCCC(C)(C)NC(=O)N(CC)C(C)CC(=O)O. The third-order valence-corrected chi connectivity index (χ3v) is 2.92. The number of carbonyl (C=O) groups excluding carboxylic acids is 1. The molecule has 2 N–H and O–H groups in total. The van der Waals surface area contributed by atoms with Gasteiger partial charge in [-0.1, -0.05) is 13.3 Å². The second kappa shape index (κ2) is 7.24. The molecule has 2 amide bonds. The molecule has 0 bridgehead atoms. The van der Waals surface area contributed by atoms with Crippen LogP contribution < -0.4 is 5.32 Å². The second-order valence-electron chi connectivity index (χ2n) is 5.30. The quantitative estimate of drug-likeness (QED) is 0.737. The molecule has 1 unspecified atom stereocenters. The van der Waals surface area contributed by atoms with Crippen LogP contribution in [0, 0.1) is 0 Å². The van der Waals surface area contributed by atoms with Crippen molar-refractivity contribution in [3.8, 4) is 0 Å². The number of hydrogen-bond donors (Lipinski definition) is 2. The molecule has 0 aliphatic rings. The number of urea groups is 1. The largest absolute Gasteiger partial charge is 0.481 e. The monoisotopic (exact) mass is 258 g/mol. The van der Waals surface area contributed by atoms with E-state index in [9.17, 15) is 9.59 Å². The van der Waals surface area contributed by atoms with Crippen LogP contribution in [0.25, 0.3) is 0 Å². The van der Waals surface area contributed by atoms with Gasteiger partial charge in [0, 0.05) is 18.1 Å². The van der Waals surface area contributed by atoms with E-state index in [0.717, 1.165) is 12.8 Å². The van der Waals surface area contributed by atoms with Crippen molar-refractivity contribution in [3.63, 3.8) is 0 Å². The molecule has 0 aromatic carbocycles. The average molecular weight is 258 g/mol. The Bertz CT molecular complexity index is 290. The number of rotatable bonds is 7. The van der Waals surface area contributed by atoms with Crippen molar-refractivity contribution < 1.29 is 14.7 Å². The Labute approximate surface area is 110 Å². The Kier molecular flexibility index (Phi) is 6.73. The van der Waals surface area contributed by atoms with Crippen molar-refractivity contribution in [1.82, 2.24) is 10.2 Å². The smallest absolute Gasteiger partial charge is 0.318 e. The van der Waals surface area contributed by atoms with Gasteiger partial charge in [0.25, 0.3) is 0 Å². The number of carbonyl (C=O) groups is 2. The fraction of sp³-hybridized carbons (Fsp3) is 0.846. The lowest BCUT2D eigenvalue weighted by atomic mass is 9.99. The van der Waals surface area contributed by atoms with Crippen molar-refractivity contribution in [2.24, 2.45) is 0 Å². The van der Waals surface area contributed by atoms with Crippen LogP contribution in [-0.2, 0) is 4.79 Å². The summed E-state index contributed by atoms with van der Waals surface area (Å²) < 4.78 is 0. The van der Waals surface area contributed by atoms with Crippen molar-refractivity contribution in [1.29, 1.82) is 0 Å². The van der Waals surface area contributed by atoms with Crippen LogP contribution in [0.15, 0.2) is 0 Å². The third kappa shape index (κ3) is 5.89. The van der Waals surface area contributed by atoms with Crippen molar-refractivity contribution in [3.05, 3.63) is 0 Å². The Morgan fingerprint density at radius 1 is 1.33 bits per heavy atom. The lowest BCUT2D eigenvalue weighted by Crippen LogP contribution is -2.52. The Morgan fingerprint density at radius 3 is 2.28 bits per heavy atom. The van der Waals surface area contributed by atoms with E-state index in [0.29, 0.717) is 6.54 Å². The molecule has 0 radical (unpaired) electrons. The Hall–Kier alpha value is -1.26. The molecule has 5 heteroatoms. The minimum absolute atomic E-state index is 0.0323. The molecule has 0 aliphatic heterocycles. The number of nitrogens with zero attached hydrogens (tertiary/aromatic N) is 1. The first kappa shape index (κ1) is 16.7. The maximum atomic E-state index is 12.1. The zero-order valence-electron chi connectivity index (χ0n) is 12.1. The lowest BCUT2D eigenvalue weighted by molar-refractivity contribution is -0.138. The van der Waals surface area contributed by atoms with Gasteiger partial charge in [0.1, 0.15) is 0 Å². The average Bonchev–Trinajstić information content (AvgIpc) is 2.15. The molecule has 0 fully saturated rings. The third-order valence-electron chi connectivity index (χ3n) is 2.92. The Balaban J connectivity index is 4.56. The van der Waals surface area contributed by atoms with Crippen LogP contribution in [0.2, 0.25) is 0 Å². The van der Waals surface area contributed by atoms with E-state index in [1.54, 1.807) is 11.8 Å². The molecule has 0 heterocycles. The summed E-state index contributed by atoms with van der Waals surface area (Å²) >= 11 is 0. The van der Waals surface area contributed by atoms with E-state index < -0.39 is 5.97 Å². The highest BCUT2D eigenvalue weighted by Gasteiger charge is 2.25. The van der Waals surface area contributed by atoms with E-state index in [-0.39, 0.29) is 24.0 Å². The number of nitrogens with one attached hydrogen (secondary N) is 1. The highest BCUT2D eigenvalue weighted by Crippen LogP contribution is 2.13. The molecule has 0 rings (SSSR count). The Morgan fingerprint density at radius 2 is 1.89 bits per heavy atom. The van der Waals surface area contributed by atoms with E-state index in [1.165, 1.54) is 0 Å². The van der Waals surface area contributed by atoms with Gasteiger partial charge in [-0.2, -0.15) is 0 Å². The fourth-order valence-electron chi connectivity index (χ4n) is 2.07. The number of aliphatic carboxylic acids is 1. The molecule has 0 saturated carbocycles. The van der Waals surface area contributed by atoms with E-state index >= 15 is 0 Å². The lowest BCUT2D eigenvalue weighted by Gasteiger charge is -2.33. The van der Waals surface area contributed by atoms with E-state index in [2.05, 4.69) is 12.2 Å². The summed E-state index contributed by atoms with van der Waals surface area (Å²) in [7, 11) is 0. The van der Waals surface area contributed by atoms with Crippen LogP contribution in [0.1, 0.15) is 53.9 Å². The van der Waals surface area contributed by atoms with Crippen LogP contribution in [-0.4, -0.2) is 40.1 Å². The summed E-state index contributed by atoms with van der Waals surface area (Å²) in [5, 5.41) is 11.7. The van der Waals surface area contributed by atoms with Gasteiger partial charge in [-0.15, -0.1) is 0 Å². The van der Waals surface area contributed by atoms with Crippen LogP contribution in [0.3, 0.4) is 0 Å². The first-order valence-electron chi connectivity index (χ1n) is 6.54. The first-order chi connectivity index (χ1) is 8.23. The number of carboxylic acid groups (broad SMARTS) is 1. The van der Waals surface area contributed by atoms with Crippen LogP contribution in [0.4, 0.5) is 4.79 Å². The van der Waals surface area contributed by atoms with Crippen molar-refractivity contribution in [2.45, 2.75) is 65.5 Å². The van der Waals surface area contributed by atoms with Crippen molar-refractivity contribution in [2.75, 3.05) is 6.54 Å². The van der Waals surface area contributed by atoms with Gasteiger partial charge in [0.15, 0.2) is 0 Å².